The van der Waals surface area contributed by atoms with Crippen molar-refractivity contribution in [3.63, 3.8) is 0 Å². The van der Waals surface area contributed by atoms with E-state index in [-0.39, 0.29) is 0 Å². The van der Waals surface area contributed by atoms with Crippen LogP contribution in [-0.4, -0.2) is 11.6 Å². The van der Waals surface area contributed by atoms with E-state index in [2.05, 4.69) is 25.3 Å². The highest BCUT2D eigenvalue weighted by atomic mass is 16.1. The molecule has 2 fully saturated rings. The van der Waals surface area contributed by atoms with Crippen molar-refractivity contribution in [1.29, 1.82) is 0 Å². The number of carbonyl (C=O) groups is 2. The Morgan fingerprint density at radius 2 is 1.06 bits per heavy atom. The summed E-state index contributed by atoms with van der Waals surface area (Å²) in [5.41, 5.74) is 3.26. The third-order valence-corrected chi connectivity index (χ3v) is 8.46. The summed E-state index contributed by atoms with van der Waals surface area (Å²) in [4.78, 5) is 24.0. The van der Waals surface area contributed by atoms with E-state index in [0.717, 1.165) is 49.7 Å². The zero-order chi connectivity index (χ0) is 22.9. The summed E-state index contributed by atoms with van der Waals surface area (Å²) in [6, 6.07) is 0. The molecule has 0 aromatic rings. The minimum Gasteiger partial charge on any atom is -0.295 e. The second-order valence-corrected chi connectivity index (χ2v) is 10.8. The molecule has 0 atom stereocenters. The molecule has 0 amide bonds. The van der Waals surface area contributed by atoms with Crippen LogP contribution in [-0.2, 0) is 9.59 Å². The topological polar surface area (TPSA) is 34.1 Å². The number of rotatable bonds is 8. The monoisotopic (exact) mass is 436 g/mol. The summed E-state index contributed by atoms with van der Waals surface area (Å²) in [5.74, 6) is 0.733. The van der Waals surface area contributed by atoms with E-state index >= 15 is 0 Å². The Bertz CT molecular complexity index is 675. The lowest BCUT2D eigenvalue weighted by Crippen LogP contribution is -2.23. The van der Waals surface area contributed by atoms with Crippen molar-refractivity contribution in [3.8, 4) is 0 Å². The van der Waals surface area contributed by atoms with E-state index in [1.54, 1.807) is 0 Å². The van der Waals surface area contributed by atoms with Crippen LogP contribution in [0, 0.1) is 10.8 Å². The first kappa shape index (κ1) is 24.9. The highest BCUT2D eigenvalue weighted by Gasteiger charge is 2.37. The van der Waals surface area contributed by atoms with E-state index in [4.69, 9.17) is 0 Å². The third kappa shape index (κ3) is 6.65. The van der Waals surface area contributed by atoms with Gasteiger partial charge in [0.05, 0.1) is 0 Å². The molecule has 0 unspecified atom stereocenters. The summed E-state index contributed by atoms with van der Waals surface area (Å²) in [7, 11) is 0. The predicted molar refractivity (Wildman–Crippen MR) is 135 cm³/mol. The predicted octanol–water partition coefficient (Wildman–Crippen LogP) is 8.38. The molecule has 2 nitrogen and oxygen atoms in total. The van der Waals surface area contributed by atoms with Gasteiger partial charge in [-0.25, -0.2) is 0 Å². The lowest BCUT2D eigenvalue weighted by atomic mass is 9.72. The van der Waals surface area contributed by atoms with Gasteiger partial charge in [0, 0.05) is 12.8 Å². The van der Waals surface area contributed by atoms with E-state index in [1.165, 1.54) is 64.2 Å². The first-order chi connectivity index (χ1) is 15.5. The minimum atomic E-state index is 0.367. The highest BCUT2D eigenvalue weighted by Crippen LogP contribution is 2.50. The summed E-state index contributed by atoms with van der Waals surface area (Å²) in [6.45, 7) is 7.35. The largest absolute Gasteiger partial charge is 0.295 e. The molecule has 0 N–H and O–H groups in total. The maximum atomic E-state index is 12.0. The number of ketones is 2. The fourth-order valence-corrected chi connectivity index (χ4v) is 6.55. The highest BCUT2D eigenvalue weighted by molar-refractivity contribution is 5.96. The lowest BCUT2D eigenvalue weighted by Gasteiger charge is -2.33. The standard InChI is InChI=1S/2C15H22O/c2*1-2-3-8-14(16)13-7-6-11-15(12-13)9-4-5-10-15/h2*2,7H,1,3-6,8-12H2. The smallest absolute Gasteiger partial charge is 0.158 e. The van der Waals surface area contributed by atoms with Crippen LogP contribution in [0.25, 0.3) is 0 Å². The fraction of sp³-hybridized carbons (Fsp3) is 0.667. The zero-order valence-corrected chi connectivity index (χ0v) is 20.3. The summed E-state index contributed by atoms with van der Waals surface area (Å²) in [5, 5.41) is 0. The van der Waals surface area contributed by atoms with Crippen LogP contribution in [0.4, 0.5) is 0 Å². The van der Waals surface area contributed by atoms with Gasteiger partial charge in [0.1, 0.15) is 0 Å². The van der Waals surface area contributed by atoms with Gasteiger partial charge in [-0.15, -0.1) is 13.2 Å². The van der Waals surface area contributed by atoms with Crippen LogP contribution >= 0.6 is 0 Å². The molecule has 2 saturated carbocycles. The molecule has 0 aliphatic heterocycles. The van der Waals surface area contributed by atoms with E-state index in [0.29, 0.717) is 35.2 Å². The van der Waals surface area contributed by atoms with Crippen molar-refractivity contribution in [3.05, 3.63) is 48.6 Å². The molecule has 0 radical (unpaired) electrons. The molecular weight excluding hydrogens is 392 g/mol. The van der Waals surface area contributed by atoms with Gasteiger partial charge < -0.3 is 0 Å². The molecule has 0 saturated heterocycles. The summed E-state index contributed by atoms with van der Waals surface area (Å²) < 4.78 is 0. The Balaban J connectivity index is 0.000000181. The second kappa shape index (κ2) is 12.0. The molecule has 4 aliphatic carbocycles. The van der Waals surface area contributed by atoms with Crippen molar-refractivity contribution in [1.82, 2.24) is 0 Å². The lowest BCUT2D eigenvalue weighted by molar-refractivity contribution is -0.116. The van der Waals surface area contributed by atoms with Crippen LogP contribution in [0.2, 0.25) is 0 Å². The molecule has 4 aliphatic rings. The molecule has 32 heavy (non-hydrogen) atoms. The average Bonchev–Trinajstić information content (AvgIpc) is 3.46. The maximum absolute atomic E-state index is 12.0. The van der Waals surface area contributed by atoms with Gasteiger partial charge >= 0.3 is 0 Å². The minimum absolute atomic E-state index is 0.367. The van der Waals surface area contributed by atoms with Crippen molar-refractivity contribution in [2.75, 3.05) is 0 Å². The van der Waals surface area contributed by atoms with Crippen molar-refractivity contribution in [2.45, 2.75) is 116 Å². The molecule has 2 heteroatoms. The van der Waals surface area contributed by atoms with Gasteiger partial charge in [-0.3, -0.25) is 9.59 Å². The molecule has 0 bridgehead atoms. The average molecular weight is 437 g/mol. The van der Waals surface area contributed by atoms with Crippen molar-refractivity contribution in [2.24, 2.45) is 10.8 Å². The number of carbonyl (C=O) groups excluding carboxylic acids is 2. The normalized spacial score (nSPS) is 23.1. The van der Waals surface area contributed by atoms with Gasteiger partial charge in [-0.05, 0) is 99.0 Å². The number of hydrogen-bond acceptors (Lipinski definition) is 2. The summed E-state index contributed by atoms with van der Waals surface area (Å²) >= 11 is 0. The van der Waals surface area contributed by atoms with Crippen LogP contribution < -0.4 is 0 Å². The van der Waals surface area contributed by atoms with Crippen molar-refractivity contribution >= 4 is 11.6 Å². The molecule has 0 aromatic heterocycles. The van der Waals surface area contributed by atoms with Gasteiger partial charge in [-0.1, -0.05) is 50.0 Å². The Morgan fingerprint density at radius 3 is 1.41 bits per heavy atom. The Kier molecular flexibility index (Phi) is 9.32. The van der Waals surface area contributed by atoms with Gasteiger partial charge in [0.2, 0.25) is 0 Å². The van der Waals surface area contributed by atoms with Crippen LogP contribution in [0.3, 0.4) is 0 Å². The zero-order valence-electron chi connectivity index (χ0n) is 20.3. The van der Waals surface area contributed by atoms with Gasteiger partial charge in [-0.2, -0.15) is 0 Å². The van der Waals surface area contributed by atoms with E-state index in [1.807, 2.05) is 12.2 Å². The van der Waals surface area contributed by atoms with Gasteiger partial charge in [0.25, 0.3) is 0 Å². The second-order valence-electron chi connectivity index (χ2n) is 10.8. The quantitative estimate of drug-likeness (QED) is 0.358. The molecule has 4 rings (SSSR count). The van der Waals surface area contributed by atoms with E-state index in [9.17, 15) is 9.59 Å². The first-order valence-corrected chi connectivity index (χ1v) is 13.2. The van der Waals surface area contributed by atoms with Gasteiger partial charge in [0.15, 0.2) is 11.6 Å². The van der Waals surface area contributed by atoms with Crippen LogP contribution in [0.1, 0.15) is 116 Å². The molecular formula is C30H44O2. The molecule has 2 spiro atoms. The van der Waals surface area contributed by atoms with Crippen molar-refractivity contribution < 1.29 is 9.59 Å². The SMILES string of the molecule is C=CCCC(=O)C1=CCCC2(CCCC2)C1.C=CCCC(=O)C1=CCCC2(CCCC2)C1. The molecule has 0 heterocycles. The number of allylic oxidation sites excluding steroid dienone is 6. The van der Waals surface area contributed by atoms with Crippen LogP contribution in [0.5, 0.6) is 0 Å². The number of hydrogen-bond donors (Lipinski definition) is 0. The Labute approximate surface area is 196 Å². The molecule has 0 aromatic carbocycles. The first-order valence-electron chi connectivity index (χ1n) is 13.2. The Morgan fingerprint density at radius 1 is 0.688 bits per heavy atom. The van der Waals surface area contributed by atoms with E-state index < -0.39 is 0 Å². The third-order valence-electron chi connectivity index (χ3n) is 8.46. The Hall–Kier alpha value is -1.70. The summed E-state index contributed by atoms with van der Waals surface area (Å²) in [6.07, 6.45) is 28.9. The maximum Gasteiger partial charge on any atom is 0.158 e. The van der Waals surface area contributed by atoms with Crippen LogP contribution in [0.15, 0.2) is 48.6 Å². The number of Topliss-reactive ketones (excluding diaryl/α,β-unsaturated/α-hetero) is 2. The fourth-order valence-electron chi connectivity index (χ4n) is 6.55. The molecule has 176 valence electrons.